The smallest absolute Gasteiger partial charge is 0.328 e. The number of aliphatic hydroxyl groups is 1. The normalized spacial score (nSPS) is 13.7. The Kier molecular flexibility index (Phi) is 7.06. The van der Waals surface area contributed by atoms with Gasteiger partial charge in [0, 0.05) is 18.7 Å². The highest BCUT2D eigenvalue weighted by atomic mass is 16.4. The minimum Gasteiger partial charge on any atom is -0.478 e. The first-order valence-corrected chi connectivity index (χ1v) is 4.80. The van der Waals surface area contributed by atoms with Gasteiger partial charge in [0.25, 0.3) is 0 Å². The van der Waals surface area contributed by atoms with E-state index in [4.69, 9.17) is 10.2 Å². The Morgan fingerprint density at radius 1 is 1.50 bits per heavy atom. The molecule has 14 heavy (non-hydrogen) atoms. The van der Waals surface area contributed by atoms with Crippen molar-refractivity contribution in [3.8, 4) is 0 Å². The van der Waals surface area contributed by atoms with Crippen LogP contribution in [0, 0.1) is 5.92 Å². The van der Waals surface area contributed by atoms with Gasteiger partial charge in [0.05, 0.1) is 6.61 Å². The van der Waals surface area contributed by atoms with Crippen molar-refractivity contribution >= 4 is 5.97 Å². The number of aliphatic carboxylic acids is 1. The number of carboxylic acid groups (broad SMARTS) is 1. The van der Waals surface area contributed by atoms with E-state index in [1.807, 2.05) is 0 Å². The Hall–Kier alpha value is -0.870. The number of hydrogen-bond donors (Lipinski definition) is 3. The first-order chi connectivity index (χ1) is 6.56. The largest absolute Gasteiger partial charge is 0.478 e. The summed E-state index contributed by atoms with van der Waals surface area (Å²) in [7, 11) is 0. The molecule has 0 saturated heterocycles. The average molecular weight is 201 g/mol. The summed E-state index contributed by atoms with van der Waals surface area (Å²) in [6.45, 7) is 4.72. The fourth-order valence-electron chi connectivity index (χ4n) is 1.19. The predicted octanol–water partition coefficient (Wildman–Crippen LogP) is 0.624. The summed E-state index contributed by atoms with van der Waals surface area (Å²) >= 11 is 0. The topological polar surface area (TPSA) is 69.6 Å². The molecule has 0 amide bonds. The van der Waals surface area contributed by atoms with Crippen LogP contribution in [0.2, 0.25) is 0 Å². The second-order valence-electron chi connectivity index (χ2n) is 3.66. The lowest BCUT2D eigenvalue weighted by Gasteiger charge is -2.16. The van der Waals surface area contributed by atoms with E-state index in [-0.39, 0.29) is 12.6 Å². The Labute approximate surface area is 84.6 Å². The van der Waals surface area contributed by atoms with E-state index in [2.05, 4.69) is 19.2 Å². The molecule has 0 aliphatic rings. The van der Waals surface area contributed by atoms with Gasteiger partial charge < -0.3 is 15.5 Å². The third kappa shape index (κ3) is 7.76. The summed E-state index contributed by atoms with van der Waals surface area (Å²) in [6.07, 6.45) is 3.51. The van der Waals surface area contributed by atoms with E-state index in [1.54, 1.807) is 0 Å². The van der Waals surface area contributed by atoms with Gasteiger partial charge in [0.15, 0.2) is 0 Å². The van der Waals surface area contributed by atoms with Crippen LogP contribution in [0.25, 0.3) is 0 Å². The van der Waals surface area contributed by atoms with Crippen molar-refractivity contribution < 1.29 is 15.0 Å². The predicted molar refractivity (Wildman–Crippen MR) is 55.1 cm³/mol. The van der Waals surface area contributed by atoms with Gasteiger partial charge in [-0.15, -0.1) is 0 Å². The third-order valence-electron chi connectivity index (χ3n) is 1.76. The zero-order chi connectivity index (χ0) is 11.0. The number of carboxylic acids is 1. The number of rotatable bonds is 7. The molecule has 4 nitrogen and oxygen atoms in total. The van der Waals surface area contributed by atoms with E-state index >= 15 is 0 Å². The molecule has 0 aromatic rings. The summed E-state index contributed by atoms with van der Waals surface area (Å²) in [5, 5.41) is 20.4. The van der Waals surface area contributed by atoms with E-state index in [9.17, 15) is 4.79 Å². The molecule has 0 spiro atoms. The summed E-state index contributed by atoms with van der Waals surface area (Å²) < 4.78 is 0. The molecule has 0 aliphatic carbocycles. The average Bonchev–Trinajstić information content (AvgIpc) is 2.09. The summed E-state index contributed by atoms with van der Waals surface area (Å²) in [6, 6.07) is 0.0495. The van der Waals surface area contributed by atoms with Crippen molar-refractivity contribution in [1.29, 1.82) is 0 Å². The molecule has 1 atom stereocenters. The standard InChI is InChI=1S/C10H19NO3/c1-8(2)6-9(7-12)11-5-3-4-10(13)14/h3-4,8-9,11-12H,5-7H2,1-2H3,(H,13,14)/b4-3+. The lowest BCUT2D eigenvalue weighted by molar-refractivity contribution is -0.131. The van der Waals surface area contributed by atoms with Crippen molar-refractivity contribution in [1.82, 2.24) is 5.32 Å². The molecule has 0 radical (unpaired) electrons. The molecule has 0 saturated carbocycles. The zero-order valence-electron chi connectivity index (χ0n) is 8.73. The van der Waals surface area contributed by atoms with Crippen molar-refractivity contribution in [3.63, 3.8) is 0 Å². The highest BCUT2D eigenvalue weighted by Gasteiger charge is 2.07. The second-order valence-corrected chi connectivity index (χ2v) is 3.66. The van der Waals surface area contributed by atoms with Crippen LogP contribution in [0.5, 0.6) is 0 Å². The molecule has 0 aromatic heterocycles. The molecule has 0 rings (SSSR count). The highest BCUT2D eigenvalue weighted by molar-refractivity contribution is 5.79. The molecule has 0 aromatic carbocycles. The SMILES string of the molecule is CC(C)CC(CO)NC/C=C/C(=O)O. The Bertz CT molecular complexity index is 190. The molecule has 0 fully saturated rings. The van der Waals surface area contributed by atoms with Gasteiger partial charge in [0.2, 0.25) is 0 Å². The molecule has 82 valence electrons. The van der Waals surface area contributed by atoms with Crippen LogP contribution in [-0.4, -0.2) is 35.4 Å². The molecule has 0 heterocycles. The van der Waals surface area contributed by atoms with E-state index in [0.717, 1.165) is 12.5 Å². The maximum atomic E-state index is 10.1. The van der Waals surface area contributed by atoms with E-state index in [1.165, 1.54) is 6.08 Å². The lowest BCUT2D eigenvalue weighted by atomic mass is 10.0. The van der Waals surface area contributed by atoms with Gasteiger partial charge in [-0.1, -0.05) is 19.9 Å². The molecule has 0 bridgehead atoms. The van der Waals surface area contributed by atoms with Crippen LogP contribution >= 0.6 is 0 Å². The van der Waals surface area contributed by atoms with Gasteiger partial charge in [-0.25, -0.2) is 4.79 Å². The number of hydrogen-bond acceptors (Lipinski definition) is 3. The Morgan fingerprint density at radius 2 is 2.14 bits per heavy atom. The zero-order valence-corrected chi connectivity index (χ0v) is 8.73. The number of carbonyl (C=O) groups is 1. The fraction of sp³-hybridized carbons (Fsp3) is 0.700. The van der Waals surface area contributed by atoms with Crippen LogP contribution in [0.1, 0.15) is 20.3 Å². The summed E-state index contributed by atoms with van der Waals surface area (Å²) in [5.74, 6) is -0.431. The van der Waals surface area contributed by atoms with E-state index < -0.39 is 5.97 Å². The number of aliphatic hydroxyl groups excluding tert-OH is 1. The molecular formula is C10H19NO3. The quantitative estimate of drug-likeness (QED) is 0.528. The Morgan fingerprint density at radius 3 is 2.57 bits per heavy atom. The molecule has 1 unspecified atom stereocenters. The fourth-order valence-corrected chi connectivity index (χ4v) is 1.19. The van der Waals surface area contributed by atoms with Gasteiger partial charge in [-0.2, -0.15) is 0 Å². The van der Waals surface area contributed by atoms with Crippen molar-refractivity contribution in [2.45, 2.75) is 26.3 Å². The van der Waals surface area contributed by atoms with Gasteiger partial charge >= 0.3 is 5.97 Å². The van der Waals surface area contributed by atoms with Crippen LogP contribution in [-0.2, 0) is 4.79 Å². The number of nitrogens with one attached hydrogen (secondary N) is 1. The monoisotopic (exact) mass is 201 g/mol. The highest BCUT2D eigenvalue weighted by Crippen LogP contribution is 2.03. The van der Waals surface area contributed by atoms with Crippen LogP contribution in [0.4, 0.5) is 0 Å². The molecule has 4 heteroatoms. The molecule has 0 aliphatic heterocycles. The van der Waals surface area contributed by atoms with Crippen molar-refractivity contribution in [2.75, 3.05) is 13.2 Å². The first-order valence-electron chi connectivity index (χ1n) is 4.80. The maximum Gasteiger partial charge on any atom is 0.328 e. The lowest BCUT2D eigenvalue weighted by Crippen LogP contribution is -2.33. The minimum absolute atomic E-state index is 0.0495. The summed E-state index contributed by atoms with van der Waals surface area (Å²) in [4.78, 5) is 10.1. The van der Waals surface area contributed by atoms with Crippen LogP contribution in [0.15, 0.2) is 12.2 Å². The van der Waals surface area contributed by atoms with Crippen molar-refractivity contribution in [3.05, 3.63) is 12.2 Å². The minimum atomic E-state index is -0.948. The van der Waals surface area contributed by atoms with Gasteiger partial charge in [-0.05, 0) is 12.3 Å². The Balaban J connectivity index is 3.67. The van der Waals surface area contributed by atoms with Crippen LogP contribution in [0.3, 0.4) is 0 Å². The van der Waals surface area contributed by atoms with Crippen LogP contribution < -0.4 is 5.32 Å². The molecule has 3 N–H and O–H groups in total. The summed E-state index contributed by atoms with van der Waals surface area (Å²) in [5.41, 5.74) is 0. The molecular weight excluding hydrogens is 182 g/mol. The van der Waals surface area contributed by atoms with Gasteiger partial charge in [-0.3, -0.25) is 0 Å². The van der Waals surface area contributed by atoms with Crippen molar-refractivity contribution in [2.24, 2.45) is 5.92 Å². The third-order valence-corrected chi connectivity index (χ3v) is 1.76. The second kappa shape index (κ2) is 7.53. The maximum absolute atomic E-state index is 10.1. The first kappa shape index (κ1) is 13.1. The van der Waals surface area contributed by atoms with Gasteiger partial charge in [0.1, 0.15) is 0 Å². The van der Waals surface area contributed by atoms with E-state index in [0.29, 0.717) is 12.5 Å².